The summed E-state index contributed by atoms with van der Waals surface area (Å²) in [7, 11) is 0. The molecular weight excluding hydrogens is 338 g/mol. The van der Waals surface area contributed by atoms with Gasteiger partial charge in [0.2, 0.25) is 0 Å². The monoisotopic (exact) mass is 359 g/mol. The van der Waals surface area contributed by atoms with Crippen molar-refractivity contribution in [3.63, 3.8) is 0 Å². The Bertz CT molecular complexity index is 1320. The van der Waals surface area contributed by atoms with Gasteiger partial charge in [-0.25, -0.2) is 0 Å². The average Bonchev–Trinajstić information content (AvgIpc) is 3.28. The van der Waals surface area contributed by atoms with E-state index in [1.54, 1.807) is 0 Å². The van der Waals surface area contributed by atoms with Crippen molar-refractivity contribution in [3.05, 3.63) is 102 Å². The van der Waals surface area contributed by atoms with Gasteiger partial charge in [0, 0.05) is 16.5 Å². The highest BCUT2D eigenvalue weighted by atomic mass is 15.0. The molecule has 0 amide bonds. The Hall–Kier alpha value is -3.32. The van der Waals surface area contributed by atoms with Crippen molar-refractivity contribution in [1.82, 2.24) is 4.57 Å². The third-order valence-electron chi connectivity index (χ3n) is 6.19. The highest BCUT2D eigenvalue weighted by Crippen LogP contribution is 2.41. The van der Waals surface area contributed by atoms with Crippen LogP contribution >= 0.6 is 0 Å². The summed E-state index contributed by atoms with van der Waals surface area (Å²) in [5.74, 6) is 0. The van der Waals surface area contributed by atoms with Gasteiger partial charge in [0.05, 0.1) is 11.0 Å². The molecule has 0 unspecified atom stereocenters. The highest BCUT2D eigenvalue weighted by molar-refractivity contribution is 6.09. The molecule has 1 aliphatic carbocycles. The third kappa shape index (κ3) is 2.07. The van der Waals surface area contributed by atoms with E-state index in [0.717, 1.165) is 12.8 Å². The first-order valence-electron chi connectivity index (χ1n) is 10.1. The number of benzene rings is 4. The Morgan fingerprint density at radius 2 is 1.32 bits per heavy atom. The summed E-state index contributed by atoms with van der Waals surface area (Å²) in [6.45, 7) is 2.27. The van der Waals surface area contributed by atoms with Gasteiger partial charge in [0.25, 0.3) is 0 Å². The lowest BCUT2D eigenvalue weighted by atomic mass is 10.00. The van der Waals surface area contributed by atoms with E-state index in [9.17, 15) is 0 Å². The van der Waals surface area contributed by atoms with Crippen molar-refractivity contribution in [2.45, 2.75) is 19.8 Å². The van der Waals surface area contributed by atoms with E-state index in [1.165, 1.54) is 55.3 Å². The maximum Gasteiger partial charge on any atom is 0.0541 e. The third-order valence-corrected chi connectivity index (χ3v) is 6.19. The zero-order valence-electron chi connectivity index (χ0n) is 15.9. The van der Waals surface area contributed by atoms with Crippen molar-refractivity contribution < 1.29 is 0 Å². The number of aromatic nitrogens is 1. The van der Waals surface area contributed by atoms with E-state index in [0.29, 0.717) is 0 Å². The minimum atomic E-state index is 1.03. The van der Waals surface area contributed by atoms with Crippen LogP contribution in [0.5, 0.6) is 0 Å². The van der Waals surface area contributed by atoms with E-state index >= 15 is 0 Å². The highest BCUT2D eigenvalue weighted by Gasteiger charge is 2.22. The van der Waals surface area contributed by atoms with Crippen LogP contribution in [0.3, 0.4) is 0 Å². The predicted molar refractivity (Wildman–Crippen MR) is 118 cm³/mol. The first kappa shape index (κ1) is 15.7. The molecule has 28 heavy (non-hydrogen) atoms. The van der Waals surface area contributed by atoms with Crippen molar-refractivity contribution in [1.29, 1.82) is 0 Å². The van der Waals surface area contributed by atoms with E-state index in [1.807, 2.05) is 0 Å². The summed E-state index contributed by atoms with van der Waals surface area (Å²) in [5.41, 5.74) is 11.0. The van der Waals surface area contributed by atoms with Gasteiger partial charge in [0.15, 0.2) is 0 Å². The number of para-hydroxylation sites is 2. The smallest absolute Gasteiger partial charge is 0.0541 e. The number of hydrogen-bond donors (Lipinski definition) is 0. The molecule has 0 spiro atoms. The van der Waals surface area contributed by atoms with Crippen LogP contribution in [0.4, 0.5) is 0 Å². The molecule has 0 aliphatic heterocycles. The molecule has 6 rings (SSSR count). The zero-order valence-corrected chi connectivity index (χ0v) is 15.9. The molecule has 0 bridgehead atoms. The van der Waals surface area contributed by atoms with Crippen LogP contribution < -0.4 is 0 Å². The van der Waals surface area contributed by atoms with Crippen LogP contribution in [0.15, 0.2) is 84.9 Å². The molecule has 134 valence electrons. The Balaban J connectivity index is 1.73. The zero-order chi connectivity index (χ0) is 18.7. The van der Waals surface area contributed by atoms with E-state index in [2.05, 4.69) is 96.4 Å². The van der Waals surface area contributed by atoms with Crippen molar-refractivity contribution in [3.8, 4) is 16.8 Å². The number of fused-ring (bicyclic) bond motifs is 6. The van der Waals surface area contributed by atoms with Gasteiger partial charge < -0.3 is 4.57 Å². The normalized spacial score (nSPS) is 12.5. The molecule has 1 aromatic heterocycles. The summed E-state index contributed by atoms with van der Waals surface area (Å²) >= 11 is 0. The fourth-order valence-corrected chi connectivity index (χ4v) is 4.90. The lowest BCUT2D eigenvalue weighted by molar-refractivity contribution is 1.06. The van der Waals surface area contributed by atoms with Gasteiger partial charge in [-0.1, -0.05) is 73.7 Å². The SMILES string of the molecule is CCc1cc2c(cc1-n1c3ccccc3c3ccccc31)-c1ccccc1C2. The fraction of sp³-hybridized carbons (Fsp3) is 0.111. The number of hydrogen-bond acceptors (Lipinski definition) is 0. The first-order chi connectivity index (χ1) is 13.8. The largest absolute Gasteiger partial charge is 0.309 e. The van der Waals surface area contributed by atoms with Gasteiger partial charge in [0.1, 0.15) is 0 Å². The van der Waals surface area contributed by atoms with Crippen LogP contribution in [0, 0.1) is 0 Å². The summed E-state index contributed by atoms with van der Waals surface area (Å²) in [6.07, 6.45) is 2.08. The Morgan fingerprint density at radius 1 is 0.679 bits per heavy atom. The van der Waals surface area contributed by atoms with Gasteiger partial charge in [-0.3, -0.25) is 0 Å². The number of nitrogens with zero attached hydrogens (tertiary/aromatic N) is 1. The second-order valence-corrected chi connectivity index (χ2v) is 7.70. The molecule has 1 heteroatoms. The summed E-state index contributed by atoms with van der Waals surface area (Å²) in [4.78, 5) is 0. The van der Waals surface area contributed by atoms with Crippen LogP contribution in [-0.4, -0.2) is 4.57 Å². The minimum Gasteiger partial charge on any atom is -0.309 e. The molecule has 4 aromatic carbocycles. The van der Waals surface area contributed by atoms with Gasteiger partial charge in [-0.05, 0) is 58.9 Å². The average molecular weight is 359 g/mol. The lowest BCUT2D eigenvalue weighted by Gasteiger charge is -2.15. The molecule has 5 aromatic rings. The second kappa shape index (κ2) is 5.84. The Kier molecular flexibility index (Phi) is 3.28. The van der Waals surface area contributed by atoms with Crippen molar-refractivity contribution in [2.75, 3.05) is 0 Å². The second-order valence-electron chi connectivity index (χ2n) is 7.70. The van der Waals surface area contributed by atoms with E-state index in [-0.39, 0.29) is 0 Å². The summed E-state index contributed by atoms with van der Waals surface area (Å²) in [5, 5.41) is 2.64. The van der Waals surface area contributed by atoms with Crippen LogP contribution in [0.1, 0.15) is 23.6 Å². The quantitative estimate of drug-likeness (QED) is 0.316. The standard InChI is InChI=1S/C27H21N/c1-2-18-15-20-16-19-9-3-4-10-21(19)24(20)17-27(18)28-25-13-7-5-11-22(25)23-12-6-8-14-26(23)28/h3-15,17H,2,16H2,1H3. The summed E-state index contributed by atoms with van der Waals surface area (Å²) < 4.78 is 2.46. The lowest BCUT2D eigenvalue weighted by Crippen LogP contribution is -2.00. The Labute approximate surface area is 164 Å². The van der Waals surface area contributed by atoms with Crippen molar-refractivity contribution >= 4 is 21.8 Å². The number of aryl methyl sites for hydroxylation is 1. The van der Waals surface area contributed by atoms with Crippen LogP contribution in [0.2, 0.25) is 0 Å². The fourth-order valence-electron chi connectivity index (χ4n) is 4.90. The number of rotatable bonds is 2. The molecule has 0 fully saturated rings. The van der Waals surface area contributed by atoms with Gasteiger partial charge in [-0.2, -0.15) is 0 Å². The molecule has 1 nitrogen and oxygen atoms in total. The predicted octanol–water partition coefficient (Wildman–Crippen LogP) is 6.92. The van der Waals surface area contributed by atoms with Crippen LogP contribution in [-0.2, 0) is 12.8 Å². The molecule has 0 atom stereocenters. The van der Waals surface area contributed by atoms with Gasteiger partial charge in [-0.15, -0.1) is 0 Å². The topological polar surface area (TPSA) is 4.93 Å². The van der Waals surface area contributed by atoms with Crippen molar-refractivity contribution in [2.24, 2.45) is 0 Å². The van der Waals surface area contributed by atoms with Crippen LogP contribution in [0.25, 0.3) is 38.6 Å². The molecule has 0 N–H and O–H groups in total. The molecule has 0 radical (unpaired) electrons. The molecule has 1 heterocycles. The molecule has 0 saturated heterocycles. The first-order valence-corrected chi connectivity index (χ1v) is 10.1. The molecule has 0 saturated carbocycles. The Morgan fingerprint density at radius 3 is 2.04 bits per heavy atom. The maximum absolute atomic E-state index is 2.46. The summed E-state index contributed by atoms with van der Waals surface area (Å²) in [6, 6.07) is 31.2. The molecule has 1 aliphatic rings. The van der Waals surface area contributed by atoms with Gasteiger partial charge >= 0.3 is 0 Å². The van der Waals surface area contributed by atoms with E-state index in [4.69, 9.17) is 0 Å². The van der Waals surface area contributed by atoms with E-state index < -0.39 is 0 Å². The maximum atomic E-state index is 2.46. The molecular formula is C27H21N. The minimum absolute atomic E-state index is 1.03.